The molecular formula is C25H46O6. The highest BCUT2D eigenvalue weighted by atomic mass is 16.7. The largest absolute Gasteiger partial charge is 0.436 e. The average molecular weight is 443 g/mol. The second-order valence-corrected chi connectivity index (χ2v) is 8.31. The summed E-state index contributed by atoms with van der Waals surface area (Å²) in [5, 5.41) is 0. The monoisotopic (exact) mass is 442 g/mol. The third-order valence-corrected chi connectivity index (χ3v) is 5.44. The average Bonchev–Trinajstić information content (AvgIpc) is 2.73. The molecule has 0 aromatic heterocycles. The first kappa shape index (κ1) is 29.6. The standard InChI is InChI=1S/C25H46O6/c1-8-12-14-22(10-3)17-28-20(6)30-24(26)16-19(5)25(27)31-21(7)29-18-23(11-4)15-13-9-2/h20-23H,5,8-18H2,1-4,6-7H3. The Morgan fingerprint density at radius 3 is 1.65 bits per heavy atom. The second-order valence-electron chi connectivity index (χ2n) is 8.31. The Labute approximate surface area is 190 Å². The van der Waals surface area contributed by atoms with E-state index in [0.29, 0.717) is 25.0 Å². The van der Waals surface area contributed by atoms with Crippen LogP contribution in [0, 0.1) is 11.8 Å². The van der Waals surface area contributed by atoms with E-state index < -0.39 is 24.5 Å². The van der Waals surface area contributed by atoms with Crippen LogP contribution < -0.4 is 0 Å². The molecule has 0 aliphatic heterocycles. The van der Waals surface area contributed by atoms with Crippen molar-refractivity contribution < 1.29 is 28.5 Å². The van der Waals surface area contributed by atoms with Gasteiger partial charge in [-0.15, -0.1) is 0 Å². The number of carbonyl (C=O) groups is 2. The second kappa shape index (κ2) is 18.2. The molecule has 0 aromatic rings. The molecule has 31 heavy (non-hydrogen) atoms. The van der Waals surface area contributed by atoms with Crippen LogP contribution in [-0.2, 0) is 28.5 Å². The summed E-state index contributed by atoms with van der Waals surface area (Å²) in [6.07, 6.45) is 7.30. The molecule has 0 N–H and O–H groups in total. The minimum atomic E-state index is -0.688. The van der Waals surface area contributed by atoms with Crippen LogP contribution in [0.5, 0.6) is 0 Å². The molecule has 0 heterocycles. The Morgan fingerprint density at radius 1 is 0.774 bits per heavy atom. The van der Waals surface area contributed by atoms with Gasteiger partial charge in [0, 0.05) is 5.57 Å². The van der Waals surface area contributed by atoms with E-state index in [1.54, 1.807) is 13.8 Å². The van der Waals surface area contributed by atoms with Crippen LogP contribution >= 0.6 is 0 Å². The summed E-state index contributed by atoms with van der Waals surface area (Å²) in [5.41, 5.74) is 0.0417. The van der Waals surface area contributed by atoms with E-state index in [0.717, 1.165) is 51.4 Å². The Hall–Kier alpha value is -1.40. The fourth-order valence-corrected chi connectivity index (χ4v) is 3.11. The van der Waals surface area contributed by atoms with E-state index in [9.17, 15) is 9.59 Å². The summed E-state index contributed by atoms with van der Waals surface area (Å²) in [4.78, 5) is 24.3. The van der Waals surface area contributed by atoms with Crippen LogP contribution in [0.15, 0.2) is 12.2 Å². The van der Waals surface area contributed by atoms with E-state index >= 15 is 0 Å². The number of hydrogen-bond acceptors (Lipinski definition) is 6. The molecule has 0 radical (unpaired) electrons. The maximum atomic E-state index is 12.2. The molecule has 0 saturated carbocycles. The van der Waals surface area contributed by atoms with Crippen molar-refractivity contribution in [3.05, 3.63) is 12.2 Å². The fraction of sp³-hybridized carbons (Fsp3) is 0.840. The molecule has 0 fully saturated rings. The third kappa shape index (κ3) is 15.1. The van der Waals surface area contributed by atoms with Gasteiger partial charge in [-0.2, -0.15) is 0 Å². The van der Waals surface area contributed by atoms with E-state index in [4.69, 9.17) is 18.9 Å². The predicted molar refractivity (Wildman–Crippen MR) is 123 cm³/mol. The lowest BCUT2D eigenvalue weighted by molar-refractivity contribution is -0.180. The Balaban J connectivity index is 4.23. The van der Waals surface area contributed by atoms with Crippen LogP contribution in [-0.4, -0.2) is 37.7 Å². The SMILES string of the molecule is C=C(CC(=O)OC(C)OCC(CC)CCCC)C(=O)OC(C)OCC(CC)CCCC. The Morgan fingerprint density at radius 2 is 1.23 bits per heavy atom. The van der Waals surface area contributed by atoms with Crippen molar-refractivity contribution in [1.82, 2.24) is 0 Å². The molecule has 0 spiro atoms. The summed E-state index contributed by atoms with van der Waals surface area (Å²) >= 11 is 0. The highest BCUT2D eigenvalue weighted by molar-refractivity contribution is 5.93. The van der Waals surface area contributed by atoms with Gasteiger partial charge in [0.25, 0.3) is 0 Å². The highest BCUT2D eigenvalue weighted by Gasteiger charge is 2.20. The summed E-state index contributed by atoms with van der Waals surface area (Å²) in [6.45, 7) is 16.7. The van der Waals surface area contributed by atoms with Gasteiger partial charge in [-0.3, -0.25) is 4.79 Å². The number of ether oxygens (including phenoxy) is 4. The van der Waals surface area contributed by atoms with Gasteiger partial charge in [0.15, 0.2) is 12.6 Å². The molecule has 0 rings (SSSR count). The normalized spacial score (nSPS) is 15.0. The first-order valence-electron chi connectivity index (χ1n) is 12.1. The zero-order chi connectivity index (χ0) is 23.6. The lowest BCUT2D eigenvalue weighted by Crippen LogP contribution is -2.25. The molecule has 0 saturated heterocycles. The van der Waals surface area contributed by atoms with Crippen LogP contribution in [0.3, 0.4) is 0 Å². The van der Waals surface area contributed by atoms with Crippen molar-refractivity contribution >= 4 is 11.9 Å². The predicted octanol–water partition coefficient (Wildman–Crippen LogP) is 6.18. The highest BCUT2D eigenvalue weighted by Crippen LogP contribution is 2.16. The molecule has 6 heteroatoms. The topological polar surface area (TPSA) is 71.1 Å². The number of carbonyl (C=O) groups excluding carboxylic acids is 2. The third-order valence-electron chi connectivity index (χ3n) is 5.44. The summed E-state index contributed by atoms with van der Waals surface area (Å²) in [6, 6.07) is 0. The molecule has 0 amide bonds. The quantitative estimate of drug-likeness (QED) is 0.135. The number of hydrogen-bond donors (Lipinski definition) is 0. The minimum Gasteiger partial charge on any atom is -0.436 e. The Kier molecular flexibility index (Phi) is 17.4. The molecule has 4 atom stereocenters. The number of esters is 2. The van der Waals surface area contributed by atoms with Gasteiger partial charge in [0.2, 0.25) is 0 Å². The van der Waals surface area contributed by atoms with Crippen molar-refractivity contribution in [2.75, 3.05) is 13.2 Å². The van der Waals surface area contributed by atoms with Crippen molar-refractivity contribution in [2.24, 2.45) is 11.8 Å². The van der Waals surface area contributed by atoms with E-state index in [2.05, 4.69) is 34.3 Å². The maximum Gasteiger partial charge on any atom is 0.336 e. The van der Waals surface area contributed by atoms with Crippen molar-refractivity contribution in [2.45, 2.75) is 112 Å². The van der Waals surface area contributed by atoms with Crippen molar-refractivity contribution in [1.29, 1.82) is 0 Å². The molecule has 0 aliphatic carbocycles. The first-order chi connectivity index (χ1) is 14.8. The fourth-order valence-electron chi connectivity index (χ4n) is 3.11. The number of unbranched alkanes of at least 4 members (excludes halogenated alkanes) is 2. The van der Waals surface area contributed by atoms with Gasteiger partial charge in [0.1, 0.15) is 0 Å². The molecule has 4 unspecified atom stereocenters. The van der Waals surface area contributed by atoms with Gasteiger partial charge in [-0.1, -0.05) is 72.8 Å². The lowest BCUT2D eigenvalue weighted by atomic mass is 10.0. The van der Waals surface area contributed by atoms with Crippen LogP contribution in [0.2, 0.25) is 0 Å². The molecule has 0 bridgehead atoms. The smallest absolute Gasteiger partial charge is 0.336 e. The molecule has 0 aromatic carbocycles. The van der Waals surface area contributed by atoms with Crippen molar-refractivity contribution in [3.63, 3.8) is 0 Å². The molecule has 6 nitrogen and oxygen atoms in total. The van der Waals surface area contributed by atoms with Gasteiger partial charge in [-0.05, 0) is 38.5 Å². The van der Waals surface area contributed by atoms with Crippen LogP contribution in [0.4, 0.5) is 0 Å². The Bertz CT molecular complexity index is 504. The van der Waals surface area contributed by atoms with Gasteiger partial charge >= 0.3 is 11.9 Å². The number of rotatable bonds is 19. The minimum absolute atomic E-state index is 0.0417. The van der Waals surface area contributed by atoms with Gasteiger partial charge < -0.3 is 18.9 Å². The first-order valence-corrected chi connectivity index (χ1v) is 12.1. The van der Waals surface area contributed by atoms with Crippen LogP contribution in [0.25, 0.3) is 0 Å². The van der Waals surface area contributed by atoms with Crippen LogP contribution in [0.1, 0.15) is 99.3 Å². The van der Waals surface area contributed by atoms with Crippen molar-refractivity contribution in [3.8, 4) is 0 Å². The van der Waals surface area contributed by atoms with E-state index in [1.165, 1.54) is 0 Å². The van der Waals surface area contributed by atoms with Gasteiger partial charge in [0.05, 0.1) is 19.6 Å². The zero-order valence-electron chi connectivity index (χ0n) is 20.7. The molecule has 182 valence electrons. The summed E-state index contributed by atoms with van der Waals surface area (Å²) in [5.74, 6) is -0.294. The van der Waals surface area contributed by atoms with Gasteiger partial charge in [-0.25, -0.2) is 4.79 Å². The molecule has 0 aliphatic rings. The zero-order valence-corrected chi connectivity index (χ0v) is 20.7. The molecular weight excluding hydrogens is 396 g/mol. The van der Waals surface area contributed by atoms with E-state index in [1.807, 2.05) is 0 Å². The lowest BCUT2D eigenvalue weighted by Gasteiger charge is -2.20. The van der Waals surface area contributed by atoms with E-state index in [-0.39, 0.29) is 12.0 Å². The summed E-state index contributed by atoms with van der Waals surface area (Å²) < 4.78 is 21.8. The summed E-state index contributed by atoms with van der Waals surface area (Å²) in [7, 11) is 0. The maximum absolute atomic E-state index is 12.2.